The van der Waals surface area contributed by atoms with Gasteiger partial charge in [0.15, 0.2) is 5.13 Å². The molecule has 0 fully saturated rings. The molecule has 1 aromatic heterocycles. The minimum Gasteiger partial charge on any atom is -0.351 e. The Bertz CT molecular complexity index is 728. The number of hydrogen-bond acceptors (Lipinski definition) is 4. The monoisotopic (exact) mass is 358 g/mol. The Kier molecular flexibility index (Phi) is 5.39. The number of carbonyl (C=O) groups excluding carboxylic acids is 2. The van der Waals surface area contributed by atoms with Crippen LogP contribution in [0.5, 0.6) is 0 Å². The first-order chi connectivity index (χ1) is 11.3. The Labute approximate surface area is 139 Å². The van der Waals surface area contributed by atoms with Crippen molar-refractivity contribution >= 4 is 34.1 Å². The van der Waals surface area contributed by atoms with Crippen LogP contribution in [0.1, 0.15) is 23.0 Å². The van der Waals surface area contributed by atoms with Crippen LogP contribution in [0.4, 0.5) is 28.8 Å². The van der Waals surface area contributed by atoms with Crippen LogP contribution in [0.2, 0.25) is 0 Å². The summed E-state index contributed by atoms with van der Waals surface area (Å²) in [5.74, 6) is -0.357. The van der Waals surface area contributed by atoms with Gasteiger partial charge >= 0.3 is 12.2 Å². The number of thiazole rings is 1. The van der Waals surface area contributed by atoms with E-state index in [2.05, 4.69) is 20.9 Å². The average molecular weight is 358 g/mol. The van der Waals surface area contributed by atoms with Crippen molar-refractivity contribution in [3.63, 3.8) is 0 Å². The molecule has 6 nitrogen and oxygen atoms in total. The lowest BCUT2D eigenvalue weighted by Gasteiger charge is -2.08. The number of anilines is 2. The van der Waals surface area contributed by atoms with E-state index in [4.69, 9.17) is 0 Å². The summed E-state index contributed by atoms with van der Waals surface area (Å²) in [5.41, 5.74) is -0.437. The maximum Gasteiger partial charge on any atom is 0.416 e. The number of urea groups is 1. The second-order valence-corrected chi connectivity index (χ2v) is 5.41. The van der Waals surface area contributed by atoms with Crippen molar-refractivity contribution < 1.29 is 22.8 Å². The van der Waals surface area contributed by atoms with Crippen LogP contribution < -0.4 is 16.0 Å². The molecule has 2 rings (SSSR count). The van der Waals surface area contributed by atoms with Crippen LogP contribution >= 0.6 is 11.3 Å². The number of benzene rings is 1. The van der Waals surface area contributed by atoms with E-state index in [0.29, 0.717) is 6.54 Å². The van der Waals surface area contributed by atoms with Gasteiger partial charge in [0, 0.05) is 17.6 Å². The Balaban J connectivity index is 1.95. The lowest BCUT2D eigenvalue weighted by Crippen LogP contribution is -2.23. The van der Waals surface area contributed by atoms with Gasteiger partial charge in [-0.3, -0.25) is 10.1 Å². The SMILES string of the molecule is CCNC(=O)c1csc(NC(=O)Nc2ccc(C(F)(F)F)cc2)n1. The molecular weight excluding hydrogens is 345 g/mol. The van der Waals surface area contributed by atoms with Crippen molar-refractivity contribution in [2.24, 2.45) is 0 Å². The second-order valence-electron chi connectivity index (χ2n) is 4.55. The van der Waals surface area contributed by atoms with Gasteiger partial charge in [-0.05, 0) is 31.2 Å². The topological polar surface area (TPSA) is 83.1 Å². The summed E-state index contributed by atoms with van der Waals surface area (Å²) in [6, 6.07) is 3.35. The number of rotatable bonds is 4. The fraction of sp³-hybridized carbons (Fsp3) is 0.214. The maximum atomic E-state index is 12.5. The summed E-state index contributed by atoms with van der Waals surface area (Å²) in [5, 5.41) is 9.04. The predicted octanol–water partition coefficient (Wildman–Crippen LogP) is 3.56. The van der Waals surface area contributed by atoms with E-state index in [9.17, 15) is 22.8 Å². The molecule has 0 bridgehead atoms. The van der Waals surface area contributed by atoms with Gasteiger partial charge < -0.3 is 10.6 Å². The normalized spacial score (nSPS) is 11.0. The number of carbonyl (C=O) groups is 2. The van der Waals surface area contributed by atoms with Crippen molar-refractivity contribution in [1.29, 1.82) is 0 Å². The molecule has 24 heavy (non-hydrogen) atoms. The van der Waals surface area contributed by atoms with Gasteiger partial charge in [-0.1, -0.05) is 0 Å². The first-order valence-electron chi connectivity index (χ1n) is 6.78. The number of amides is 3. The molecule has 0 saturated carbocycles. The highest BCUT2D eigenvalue weighted by Gasteiger charge is 2.29. The molecule has 0 saturated heterocycles. The molecule has 0 aliphatic carbocycles. The Hall–Kier alpha value is -2.62. The predicted molar refractivity (Wildman–Crippen MR) is 84.2 cm³/mol. The van der Waals surface area contributed by atoms with Gasteiger partial charge in [-0.2, -0.15) is 13.2 Å². The highest BCUT2D eigenvalue weighted by atomic mass is 32.1. The van der Waals surface area contributed by atoms with Crippen LogP contribution in [-0.2, 0) is 6.18 Å². The van der Waals surface area contributed by atoms with Gasteiger partial charge in [0.2, 0.25) is 0 Å². The Morgan fingerprint density at radius 3 is 2.42 bits per heavy atom. The third-order valence-corrected chi connectivity index (χ3v) is 3.52. The summed E-state index contributed by atoms with van der Waals surface area (Å²) in [6.07, 6.45) is -4.43. The highest BCUT2D eigenvalue weighted by molar-refractivity contribution is 7.14. The quantitative estimate of drug-likeness (QED) is 0.781. The van der Waals surface area contributed by atoms with Crippen LogP contribution in [0.25, 0.3) is 0 Å². The second kappa shape index (κ2) is 7.30. The summed E-state index contributed by atoms with van der Waals surface area (Å²) in [6.45, 7) is 2.22. The van der Waals surface area contributed by atoms with E-state index in [0.717, 1.165) is 35.6 Å². The molecule has 0 unspecified atom stereocenters. The van der Waals surface area contributed by atoms with Gasteiger partial charge in [0.25, 0.3) is 5.91 Å². The summed E-state index contributed by atoms with van der Waals surface area (Å²) < 4.78 is 37.4. The summed E-state index contributed by atoms with van der Waals surface area (Å²) in [7, 11) is 0. The van der Waals surface area contributed by atoms with E-state index >= 15 is 0 Å². The van der Waals surface area contributed by atoms with Gasteiger partial charge in [0.05, 0.1) is 5.56 Å². The number of hydrogen-bond donors (Lipinski definition) is 3. The molecular formula is C14H13F3N4O2S. The minimum absolute atomic E-state index is 0.173. The first-order valence-corrected chi connectivity index (χ1v) is 7.66. The molecule has 3 N–H and O–H groups in total. The van der Waals surface area contributed by atoms with Gasteiger partial charge in [-0.15, -0.1) is 11.3 Å². The molecule has 0 atom stereocenters. The molecule has 10 heteroatoms. The number of halogens is 3. The number of nitrogens with zero attached hydrogens (tertiary/aromatic N) is 1. The lowest BCUT2D eigenvalue weighted by molar-refractivity contribution is -0.137. The van der Waals surface area contributed by atoms with Crippen LogP contribution in [0.3, 0.4) is 0 Å². The van der Waals surface area contributed by atoms with Crippen molar-refractivity contribution in [3.05, 3.63) is 40.9 Å². The zero-order valence-electron chi connectivity index (χ0n) is 12.4. The summed E-state index contributed by atoms with van der Waals surface area (Å²) in [4.78, 5) is 27.3. The van der Waals surface area contributed by atoms with E-state index in [1.54, 1.807) is 6.92 Å². The molecule has 0 aliphatic rings. The third-order valence-electron chi connectivity index (χ3n) is 2.76. The van der Waals surface area contributed by atoms with E-state index in [1.165, 1.54) is 5.38 Å². The van der Waals surface area contributed by atoms with Crippen LogP contribution in [-0.4, -0.2) is 23.5 Å². The van der Waals surface area contributed by atoms with Gasteiger partial charge in [0.1, 0.15) is 5.69 Å². The molecule has 128 valence electrons. The molecule has 2 aromatic rings. The zero-order chi connectivity index (χ0) is 17.7. The highest BCUT2D eigenvalue weighted by Crippen LogP contribution is 2.29. The fourth-order valence-corrected chi connectivity index (χ4v) is 2.37. The largest absolute Gasteiger partial charge is 0.416 e. The number of alkyl halides is 3. The van der Waals surface area contributed by atoms with Crippen LogP contribution in [0.15, 0.2) is 29.6 Å². The van der Waals surface area contributed by atoms with Crippen molar-refractivity contribution in [1.82, 2.24) is 10.3 Å². The first kappa shape index (κ1) is 17.7. The fourth-order valence-electron chi connectivity index (χ4n) is 1.69. The molecule has 0 radical (unpaired) electrons. The summed E-state index contributed by atoms with van der Waals surface area (Å²) >= 11 is 1.06. The Morgan fingerprint density at radius 2 is 1.83 bits per heavy atom. The molecule has 1 aromatic carbocycles. The maximum absolute atomic E-state index is 12.5. The van der Waals surface area contributed by atoms with E-state index in [1.807, 2.05) is 0 Å². The standard InChI is InChI=1S/C14H13F3N4O2S/c1-2-18-11(22)10-7-24-13(20-10)21-12(23)19-9-5-3-8(4-6-9)14(15,16)17/h3-7H,2H2,1H3,(H,18,22)(H2,19,20,21,23). The number of nitrogens with one attached hydrogen (secondary N) is 3. The van der Waals surface area contributed by atoms with E-state index in [-0.39, 0.29) is 22.4 Å². The average Bonchev–Trinajstić information content (AvgIpc) is 2.95. The van der Waals surface area contributed by atoms with Crippen molar-refractivity contribution in [3.8, 4) is 0 Å². The van der Waals surface area contributed by atoms with Crippen molar-refractivity contribution in [2.75, 3.05) is 17.2 Å². The molecule has 0 spiro atoms. The van der Waals surface area contributed by atoms with E-state index < -0.39 is 17.8 Å². The van der Waals surface area contributed by atoms with Crippen LogP contribution in [0, 0.1) is 0 Å². The number of aromatic nitrogens is 1. The molecule has 3 amide bonds. The smallest absolute Gasteiger partial charge is 0.351 e. The Morgan fingerprint density at radius 1 is 1.17 bits per heavy atom. The van der Waals surface area contributed by atoms with Crippen molar-refractivity contribution in [2.45, 2.75) is 13.1 Å². The third kappa shape index (κ3) is 4.69. The molecule has 1 heterocycles. The molecule has 0 aliphatic heterocycles. The minimum atomic E-state index is -4.43. The lowest BCUT2D eigenvalue weighted by atomic mass is 10.2. The zero-order valence-corrected chi connectivity index (χ0v) is 13.2. The van der Waals surface area contributed by atoms with Gasteiger partial charge in [-0.25, -0.2) is 9.78 Å².